The van der Waals surface area contributed by atoms with Gasteiger partial charge >= 0.3 is 5.97 Å². The maximum Gasteiger partial charge on any atom is 0.360 e. The average molecular weight is 384 g/mol. The zero-order valence-corrected chi connectivity index (χ0v) is 17.4. The molecular formula is C22H28N2O4. The molecule has 0 aliphatic rings. The molecule has 0 spiro atoms. The molecule has 0 aliphatic heterocycles. The summed E-state index contributed by atoms with van der Waals surface area (Å²) in [4.78, 5) is 22.4. The fraction of sp³-hybridized carbons (Fsp3) is 0.318. The van der Waals surface area contributed by atoms with Crippen molar-refractivity contribution in [1.29, 1.82) is 0 Å². The molecule has 2 aromatic rings. The van der Waals surface area contributed by atoms with Crippen molar-refractivity contribution in [2.45, 2.75) is 34.3 Å². The summed E-state index contributed by atoms with van der Waals surface area (Å²) in [5.41, 5.74) is 4.07. The van der Waals surface area contributed by atoms with Crippen LogP contribution < -0.4 is 0 Å². The number of aryl methyl sites for hydroxylation is 1. The number of carbonyl (C=O) groups excluding carboxylic acids is 1. The standard InChI is InChI=1S/C20H22N2O4.C2H6/c1-14-9-8-12-17(18(14)19(22-25-4)20(23)24-3)13-26-21-15(2)16-10-6-5-7-11-16;1-2/h5-12H,13H2,1-4H3;1-2H3/b21-15+,22-19+;. The van der Waals surface area contributed by atoms with Gasteiger partial charge < -0.3 is 14.4 Å². The second-order valence-electron chi connectivity index (χ2n) is 5.54. The van der Waals surface area contributed by atoms with Crippen molar-refractivity contribution in [1.82, 2.24) is 0 Å². The van der Waals surface area contributed by atoms with E-state index in [0.29, 0.717) is 5.56 Å². The van der Waals surface area contributed by atoms with Gasteiger partial charge in [0.2, 0.25) is 0 Å². The molecule has 2 rings (SSSR count). The number of carbonyl (C=O) groups is 1. The van der Waals surface area contributed by atoms with Crippen LogP contribution in [0.4, 0.5) is 0 Å². The minimum absolute atomic E-state index is 0.0930. The lowest BCUT2D eigenvalue weighted by Crippen LogP contribution is -2.20. The normalized spacial score (nSPS) is 11.2. The van der Waals surface area contributed by atoms with Gasteiger partial charge in [-0.05, 0) is 25.0 Å². The van der Waals surface area contributed by atoms with Gasteiger partial charge in [0.05, 0.1) is 12.8 Å². The van der Waals surface area contributed by atoms with Crippen LogP contribution in [0.3, 0.4) is 0 Å². The molecule has 0 aromatic heterocycles. The van der Waals surface area contributed by atoms with Gasteiger partial charge in [-0.1, -0.05) is 72.7 Å². The molecule has 0 radical (unpaired) electrons. The smallest absolute Gasteiger partial charge is 0.360 e. The van der Waals surface area contributed by atoms with Gasteiger partial charge in [0.1, 0.15) is 13.7 Å². The highest BCUT2D eigenvalue weighted by atomic mass is 16.6. The fourth-order valence-corrected chi connectivity index (χ4v) is 2.49. The maximum absolute atomic E-state index is 12.1. The Hall–Kier alpha value is -3.15. The third-order valence-electron chi connectivity index (χ3n) is 3.77. The molecule has 0 unspecified atom stereocenters. The van der Waals surface area contributed by atoms with E-state index in [9.17, 15) is 4.79 Å². The predicted molar refractivity (Wildman–Crippen MR) is 112 cm³/mol. The van der Waals surface area contributed by atoms with Crippen molar-refractivity contribution in [2.75, 3.05) is 14.2 Å². The van der Waals surface area contributed by atoms with Crippen molar-refractivity contribution < 1.29 is 19.2 Å². The predicted octanol–water partition coefficient (Wildman–Crippen LogP) is 4.49. The van der Waals surface area contributed by atoms with E-state index in [-0.39, 0.29) is 12.3 Å². The number of methoxy groups -OCH3 is 1. The first-order valence-corrected chi connectivity index (χ1v) is 9.08. The Morgan fingerprint density at radius 2 is 1.64 bits per heavy atom. The van der Waals surface area contributed by atoms with E-state index < -0.39 is 5.97 Å². The molecule has 0 saturated heterocycles. The SMILES string of the molecule is CC.CO/N=C(/C(=O)OC)c1c(C)cccc1CO/N=C(\C)c1ccccc1. The molecule has 28 heavy (non-hydrogen) atoms. The van der Waals surface area contributed by atoms with Gasteiger partial charge in [-0.3, -0.25) is 0 Å². The number of hydrogen-bond donors (Lipinski definition) is 0. The van der Waals surface area contributed by atoms with Crippen LogP contribution >= 0.6 is 0 Å². The first-order valence-electron chi connectivity index (χ1n) is 9.08. The molecule has 6 heteroatoms. The monoisotopic (exact) mass is 384 g/mol. The fourth-order valence-electron chi connectivity index (χ4n) is 2.49. The van der Waals surface area contributed by atoms with Crippen LogP contribution in [-0.4, -0.2) is 31.6 Å². The Morgan fingerprint density at radius 3 is 2.25 bits per heavy atom. The summed E-state index contributed by atoms with van der Waals surface area (Å²) in [6, 6.07) is 15.4. The molecule has 0 fully saturated rings. The minimum Gasteiger partial charge on any atom is -0.464 e. The third kappa shape index (κ3) is 6.23. The van der Waals surface area contributed by atoms with Crippen molar-refractivity contribution in [2.24, 2.45) is 10.3 Å². The molecule has 6 nitrogen and oxygen atoms in total. The lowest BCUT2D eigenvalue weighted by atomic mass is 9.98. The zero-order chi connectivity index (χ0) is 20.9. The topological polar surface area (TPSA) is 69.5 Å². The third-order valence-corrected chi connectivity index (χ3v) is 3.77. The lowest BCUT2D eigenvalue weighted by Gasteiger charge is -2.12. The summed E-state index contributed by atoms with van der Waals surface area (Å²) in [6.45, 7) is 7.94. The Balaban J connectivity index is 0.00000190. The summed E-state index contributed by atoms with van der Waals surface area (Å²) in [5.74, 6) is -0.577. The number of nitrogens with zero attached hydrogens (tertiary/aromatic N) is 2. The molecule has 2 aromatic carbocycles. The van der Waals surface area contributed by atoms with Gasteiger partial charge in [0, 0.05) is 11.1 Å². The number of rotatable bonds is 7. The van der Waals surface area contributed by atoms with Crippen molar-refractivity contribution in [3.05, 3.63) is 70.8 Å². The van der Waals surface area contributed by atoms with Crippen LogP contribution in [0, 0.1) is 6.92 Å². The van der Waals surface area contributed by atoms with Gasteiger partial charge in [0.25, 0.3) is 0 Å². The number of oxime groups is 2. The van der Waals surface area contributed by atoms with Crippen molar-refractivity contribution in [3.63, 3.8) is 0 Å². The van der Waals surface area contributed by atoms with Crippen LogP contribution in [0.1, 0.15) is 43.0 Å². The molecule has 0 atom stereocenters. The van der Waals surface area contributed by atoms with Crippen LogP contribution in [0.15, 0.2) is 58.8 Å². The zero-order valence-electron chi connectivity index (χ0n) is 17.4. The van der Waals surface area contributed by atoms with Gasteiger partial charge in [-0.15, -0.1) is 0 Å². The van der Waals surface area contributed by atoms with Gasteiger partial charge in [-0.2, -0.15) is 0 Å². The van der Waals surface area contributed by atoms with E-state index >= 15 is 0 Å². The minimum atomic E-state index is -0.577. The second kappa shape index (κ2) is 12.3. The van der Waals surface area contributed by atoms with E-state index in [0.717, 1.165) is 22.4 Å². The molecule has 0 N–H and O–H groups in total. The quantitative estimate of drug-likeness (QED) is 0.401. The van der Waals surface area contributed by atoms with Gasteiger partial charge in [-0.25, -0.2) is 4.79 Å². The summed E-state index contributed by atoms with van der Waals surface area (Å²) in [6.07, 6.45) is 0. The highest BCUT2D eigenvalue weighted by molar-refractivity contribution is 6.43. The Kier molecular flexibility index (Phi) is 10.0. The molecule has 0 aliphatic carbocycles. The van der Waals surface area contributed by atoms with E-state index in [1.54, 1.807) is 0 Å². The molecule has 0 saturated carbocycles. The lowest BCUT2D eigenvalue weighted by molar-refractivity contribution is -0.132. The molecule has 0 bridgehead atoms. The summed E-state index contributed by atoms with van der Waals surface area (Å²) in [7, 11) is 2.68. The van der Waals surface area contributed by atoms with Crippen LogP contribution in [0.25, 0.3) is 0 Å². The van der Waals surface area contributed by atoms with Gasteiger partial charge in [0.15, 0.2) is 5.71 Å². The number of benzene rings is 2. The van der Waals surface area contributed by atoms with E-state index in [2.05, 4.69) is 10.3 Å². The second-order valence-corrected chi connectivity index (χ2v) is 5.54. The Bertz CT molecular complexity index is 815. The summed E-state index contributed by atoms with van der Waals surface area (Å²) >= 11 is 0. The van der Waals surface area contributed by atoms with Crippen LogP contribution in [0.2, 0.25) is 0 Å². The summed E-state index contributed by atoms with van der Waals surface area (Å²) in [5, 5.41) is 7.99. The molecule has 0 heterocycles. The van der Waals surface area contributed by atoms with E-state index in [1.165, 1.54) is 14.2 Å². The largest absolute Gasteiger partial charge is 0.464 e. The molecule has 150 valence electrons. The first kappa shape index (κ1) is 22.9. The van der Waals surface area contributed by atoms with Crippen molar-refractivity contribution in [3.8, 4) is 0 Å². The Morgan fingerprint density at radius 1 is 0.964 bits per heavy atom. The van der Waals surface area contributed by atoms with Crippen LogP contribution in [0.5, 0.6) is 0 Å². The number of ether oxygens (including phenoxy) is 1. The van der Waals surface area contributed by atoms with Crippen molar-refractivity contribution >= 4 is 17.4 Å². The Labute approximate surface area is 166 Å². The molecular weight excluding hydrogens is 356 g/mol. The van der Waals surface area contributed by atoms with E-state index in [4.69, 9.17) is 14.4 Å². The highest BCUT2D eigenvalue weighted by Crippen LogP contribution is 2.18. The average Bonchev–Trinajstić information content (AvgIpc) is 2.74. The number of esters is 1. The number of hydrogen-bond acceptors (Lipinski definition) is 6. The first-order chi connectivity index (χ1) is 13.6. The highest BCUT2D eigenvalue weighted by Gasteiger charge is 2.21. The summed E-state index contributed by atoms with van der Waals surface area (Å²) < 4.78 is 4.81. The van der Waals surface area contributed by atoms with Crippen LogP contribution in [-0.2, 0) is 25.8 Å². The molecule has 0 amide bonds. The van der Waals surface area contributed by atoms with E-state index in [1.807, 2.05) is 76.2 Å². The maximum atomic E-state index is 12.1.